The van der Waals surface area contributed by atoms with Crippen LogP contribution in [0.1, 0.15) is 44.1 Å². The van der Waals surface area contributed by atoms with Gasteiger partial charge in [-0.05, 0) is 49.8 Å². The van der Waals surface area contributed by atoms with Gasteiger partial charge in [0.05, 0.1) is 5.41 Å². The largest absolute Gasteiger partial charge is 0.343 e. The number of likely N-dealkylation sites (tertiary alicyclic amines) is 2. The van der Waals surface area contributed by atoms with Gasteiger partial charge in [-0.1, -0.05) is 6.08 Å². The van der Waals surface area contributed by atoms with Gasteiger partial charge in [-0.25, -0.2) is 0 Å². The molecule has 2 aliphatic heterocycles. The minimum atomic E-state index is -0.263. The molecule has 134 valence electrons. The molecule has 2 fully saturated rings. The molecule has 1 aromatic heterocycles. The number of hydrogen-bond acceptors (Lipinski definition) is 3. The van der Waals surface area contributed by atoms with Crippen LogP contribution >= 0.6 is 0 Å². The van der Waals surface area contributed by atoms with Crippen LogP contribution in [0.4, 0.5) is 0 Å². The molecule has 0 bridgehead atoms. The van der Waals surface area contributed by atoms with Gasteiger partial charge >= 0.3 is 0 Å². The first-order valence-corrected chi connectivity index (χ1v) is 9.22. The third kappa shape index (κ3) is 3.91. The van der Waals surface area contributed by atoms with Crippen molar-refractivity contribution in [1.82, 2.24) is 14.8 Å². The van der Waals surface area contributed by atoms with Crippen LogP contribution in [0.25, 0.3) is 0 Å². The average Bonchev–Trinajstić information content (AvgIpc) is 2.65. The van der Waals surface area contributed by atoms with Crippen molar-refractivity contribution in [3.63, 3.8) is 0 Å². The molecule has 0 N–H and O–H groups in total. The number of piperidine rings is 2. The second kappa shape index (κ2) is 7.81. The Kier molecular flexibility index (Phi) is 5.51. The number of allylic oxidation sites excluding steroid dienone is 1. The molecule has 3 heterocycles. The standard InChI is InChI=1S/C20H27N3O2/c1-2-3-5-18(24)22-14-9-20(10-15-22)8-4-13-23(19(20)25)16-17-6-11-21-12-7-17/h2,6-7,11-12H,1,3-5,8-10,13-16H2. The van der Waals surface area contributed by atoms with E-state index >= 15 is 0 Å². The van der Waals surface area contributed by atoms with E-state index in [4.69, 9.17) is 0 Å². The summed E-state index contributed by atoms with van der Waals surface area (Å²) in [5, 5.41) is 0. The summed E-state index contributed by atoms with van der Waals surface area (Å²) >= 11 is 0. The van der Waals surface area contributed by atoms with Crippen LogP contribution in [0, 0.1) is 5.41 Å². The third-order valence-electron chi connectivity index (χ3n) is 5.58. The van der Waals surface area contributed by atoms with Gasteiger partial charge in [-0.3, -0.25) is 14.6 Å². The van der Waals surface area contributed by atoms with Gasteiger partial charge in [0.15, 0.2) is 0 Å². The Morgan fingerprint density at radius 3 is 2.60 bits per heavy atom. The Morgan fingerprint density at radius 2 is 1.92 bits per heavy atom. The molecule has 0 radical (unpaired) electrons. The molecule has 0 atom stereocenters. The molecule has 0 unspecified atom stereocenters. The summed E-state index contributed by atoms with van der Waals surface area (Å²) in [5.74, 6) is 0.459. The molecular formula is C20H27N3O2. The minimum Gasteiger partial charge on any atom is -0.343 e. The highest BCUT2D eigenvalue weighted by atomic mass is 16.2. The molecule has 0 saturated carbocycles. The van der Waals surface area contributed by atoms with E-state index in [2.05, 4.69) is 11.6 Å². The van der Waals surface area contributed by atoms with Gasteiger partial charge < -0.3 is 9.80 Å². The Bertz CT molecular complexity index is 621. The zero-order valence-electron chi connectivity index (χ0n) is 14.8. The molecule has 1 aromatic rings. The first-order chi connectivity index (χ1) is 12.1. The Hall–Kier alpha value is -2.17. The summed E-state index contributed by atoms with van der Waals surface area (Å²) in [6, 6.07) is 3.94. The van der Waals surface area contributed by atoms with Crippen LogP contribution in [0.2, 0.25) is 0 Å². The molecule has 2 amide bonds. The number of pyridine rings is 1. The number of nitrogens with zero attached hydrogens (tertiary/aromatic N) is 3. The van der Waals surface area contributed by atoms with Crippen molar-refractivity contribution >= 4 is 11.8 Å². The summed E-state index contributed by atoms with van der Waals surface area (Å²) in [7, 11) is 0. The van der Waals surface area contributed by atoms with E-state index in [1.54, 1.807) is 18.5 Å². The highest BCUT2D eigenvalue weighted by molar-refractivity contribution is 5.84. The second-order valence-corrected chi connectivity index (χ2v) is 7.17. The van der Waals surface area contributed by atoms with E-state index in [9.17, 15) is 9.59 Å². The molecule has 25 heavy (non-hydrogen) atoms. The Balaban J connectivity index is 1.61. The smallest absolute Gasteiger partial charge is 0.229 e. The molecule has 0 aromatic carbocycles. The normalized spacial score (nSPS) is 19.9. The van der Waals surface area contributed by atoms with E-state index in [1.807, 2.05) is 21.9 Å². The summed E-state index contributed by atoms with van der Waals surface area (Å²) in [5.41, 5.74) is 0.859. The third-order valence-corrected chi connectivity index (χ3v) is 5.58. The summed E-state index contributed by atoms with van der Waals surface area (Å²) < 4.78 is 0. The summed E-state index contributed by atoms with van der Waals surface area (Å²) in [6.45, 7) is 6.55. The lowest BCUT2D eigenvalue weighted by atomic mass is 9.71. The molecule has 5 nitrogen and oxygen atoms in total. The quantitative estimate of drug-likeness (QED) is 0.774. The van der Waals surface area contributed by atoms with Crippen LogP contribution in [-0.2, 0) is 16.1 Å². The van der Waals surface area contributed by atoms with E-state index in [-0.39, 0.29) is 17.2 Å². The van der Waals surface area contributed by atoms with Gasteiger partial charge in [0.2, 0.25) is 11.8 Å². The van der Waals surface area contributed by atoms with Crippen molar-refractivity contribution in [2.45, 2.75) is 45.1 Å². The maximum atomic E-state index is 13.1. The second-order valence-electron chi connectivity index (χ2n) is 7.17. The summed E-state index contributed by atoms with van der Waals surface area (Å²) in [6.07, 6.45) is 10.1. The van der Waals surface area contributed by atoms with E-state index < -0.39 is 0 Å². The van der Waals surface area contributed by atoms with Crippen molar-refractivity contribution in [3.8, 4) is 0 Å². The first-order valence-electron chi connectivity index (χ1n) is 9.22. The highest BCUT2D eigenvalue weighted by Gasteiger charge is 2.46. The van der Waals surface area contributed by atoms with Crippen molar-refractivity contribution < 1.29 is 9.59 Å². The maximum absolute atomic E-state index is 13.1. The van der Waals surface area contributed by atoms with E-state index in [0.717, 1.165) is 44.2 Å². The number of rotatable bonds is 5. The van der Waals surface area contributed by atoms with E-state index in [0.29, 0.717) is 26.1 Å². The molecule has 0 aliphatic carbocycles. The van der Waals surface area contributed by atoms with Crippen LogP contribution in [0.15, 0.2) is 37.2 Å². The Morgan fingerprint density at radius 1 is 1.20 bits per heavy atom. The van der Waals surface area contributed by atoms with E-state index in [1.165, 1.54) is 0 Å². The predicted octanol–water partition coefficient (Wildman–Crippen LogP) is 2.78. The van der Waals surface area contributed by atoms with Crippen molar-refractivity contribution in [1.29, 1.82) is 0 Å². The van der Waals surface area contributed by atoms with Gasteiger partial charge in [-0.2, -0.15) is 0 Å². The van der Waals surface area contributed by atoms with Gasteiger partial charge in [-0.15, -0.1) is 6.58 Å². The molecule has 2 aliphatic rings. The number of hydrogen-bond donors (Lipinski definition) is 0. The summed E-state index contributed by atoms with van der Waals surface area (Å²) in [4.78, 5) is 33.3. The number of carbonyl (C=O) groups excluding carboxylic acids is 2. The SMILES string of the molecule is C=CCCC(=O)N1CCC2(CCCN(Cc3ccncc3)C2=O)CC1. The van der Waals surface area contributed by atoms with Gasteiger partial charge in [0.1, 0.15) is 0 Å². The van der Waals surface area contributed by atoms with Crippen LogP contribution in [0.3, 0.4) is 0 Å². The average molecular weight is 341 g/mol. The maximum Gasteiger partial charge on any atom is 0.229 e. The van der Waals surface area contributed by atoms with Crippen molar-refractivity contribution in [3.05, 3.63) is 42.7 Å². The molecule has 5 heteroatoms. The molecule has 2 saturated heterocycles. The first kappa shape index (κ1) is 17.6. The predicted molar refractivity (Wildman–Crippen MR) is 96.6 cm³/mol. The molecule has 3 rings (SSSR count). The fourth-order valence-electron chi connectivity index (χ4n) is 4.04. The number of carbonyl (C=O) groups is 2. The lowest BCUT2D eigenvalue weighted by Crippen LogP contribution is -2.54. The van der Waals surface area contributed by atoms with Crippen LogP contribution in [-0.4, -0.2) is 46.2 Å². The number of aromatic nitrogens is 1. The highest BCUT2D eigenvalue weighted by Crippen LogP contribution is 2.41. The zero-order chi connectivity index (χ0) is 17.7. The van der Waals surface area contributed by atoms with Crippen LogP contribution < -0.4 is 0 Å². The van der Waals surface area contributed by atoms with Crippen molar-refractivity contribution in [2.24, 2.45) is 5.41 Å². The Labute approximate surface area is 149 Å². The van der Waals surface area contributed by atoms with Crippen molar-refractivity contribution in [2.75, 3.05) is 19.6 Å². The lowest BCUT2D eigenvalue weighted by molar-refractivity contribution is -0.153. The molecule has 1 spiro atoms. The lowest BCUT2D eigenvalue weighted by Gasteiger charge is -2.46. The molecular weight excluding hydrogens is 314 g/mol. The zero-order valence-corrected chi connectivity index (χ0v) is 14.8. The topological polar surface area (TPSA) is 53.5 Å². The number of amides is 2. The fraction of sp³-hybridized carbons (Fsp3) is 0.550. The minimum absolute atomic E-state index is 0.187. The van der Waals surface area contributed by atoms with Gasteiger partial charge in [0.25, 0.3) is 0 Å². The van der Waals surface area contributed by atoms with Crippen LogP contribution in [0.5, 0.6) is 0 Å². The fourth-order valence-corrected chi connectivity index (χ4v) is 4.04. The monoisotopic (exact) mass is 341 g/mol. The van der Waals surface area contributed by atoms with Gasteiger partial charge in [0, 0.05) is 45.0 Å².